The number of aryl methyl sites for hydroxylation is 4. The Morgan fingerprint density at radius 3 is 2.65 bits per heavy atom. The summed E-state index contributed by atoms with van der Waals surface area (Å²) in [4.78, 5) is 42.0. The number of fused-ring (bicyclic) bond motifs is 1. The van der Waals surface area contributed by atoms with Gasteiger partial charge in [0.1, 0.15) is 5.69 Å². The monoisotopic (exact) mass is 420 g/mol. The van der Waals surface area contributed by atoms with E-state index < -0.39 is 5.97 Å². The minimum absolute atomic E-state index is 0.00552. The van der Waals surface area contributed by atoms with Gasteiger partial charge in [-0.1, -0.05) is 43.2 Å². The number of esters is 1. The molecule has 0 aliphatic rings. The predicted molar refractivity (Wildman–Crippen MR) is 120 cm³/mol. The summed E-state index contributed by atoms with van der Waals surface area (Å²) in [6, 6.07) is 13.1. The average molecular weight is 421 g/mol. The van der Waals surface area contributed by atoms with Crippen molar-refractivity contribution in [3.05, 3.63) is 75.2 Å². The molecule has 0 spiro atoms. The van der Waals surface area contributed by atoms with Gasteiger partial charge in [0.2, 0.25) is 5.78 Å². The summed E-state index contributed by atoms with van der Waals surface area (Å²) in [5.74, 6) is -0.756. The molecule has 0 amide bonds. The molecule has 0 bridgehead atoms. The van der Waals surface area contributed by atoms with Gasteiger partial charge in [0.25, 0.3) is 5.56 Å². The Labute approximate surface area is 181 Å². The Balaban J connectivity index is 1.67. The summed E-state index contributed by atoms with van der Waals surface area (Å²) in [7, 11) is 0. The van der Waals surface area contributed by atoms with Crippen LogP contribution in [-0.2, 0) is 22.5 Å². The molecule has 0 aliphatic carbocycles. The van der Waals surface area contributed by atoms with E-state index in [9.17, 15) is 14.4 Å². The number of para-hydroxylation sites is 2. The van der Waals surface area contributed by atoms with Crippen molar-refractivity contribution in [1.82, 2.24) is 9.55 Å². The van der Waals surface area contributed by atoms with E-state index in [0.29, 0.717) is 17.8 Å². The molecule has 0 atom stereocenters. The van der Waals surface area contributed by atoms with Crippen molar-refractivity contribution < 1.29 is 14.3 Å². The summed E-state index contributed by atoms with van der Waals surface area (Å²) < 4.78 is 6.90. The fraction of sp³-hybridized carbons (Fsp3) is 0.360. The fourth-order valence-electron chi connectivity index (χ4n) is 3.50. The highest BCUT2D eigenvalue weighted by Gasteiger charge is 2.15. The fourth-order valence-corrected chi connectivity index (χ4v) is 3.50. The Bertz CT molecular complexity index is 1160. The molecule has 2 aromatic carbocycles. The number of rotatable bonds is 9. The number of hydrogen-bond acceptors (Lipinski definition) is 5. The first-order valence-electron chi connectivity index (χ1n) is 10.6. The minimum Gasteiger partial charge on any atom is -0.457 e. The predicted octanol–water partition coefficient (Wildman–Crippen LogP) is 4.17. The minimum atomic E-state index is -0.520. The van der Waals surface area contributed by atoms with E-state index in [4.69, 9.17) is 4.74 Å². The van der Waals surface area contributed by atoms with E-state index in [1.165, 1.54) is 0 Å². The van der Waals surface area contributed by atoms with Crippen molar-refractivity contribution in [2.24, 2.45) is 0 Å². The molecule has 6 heteroatoms. The molecule has 6 nitrogen and oxygen atoms in total. The van der Waals surface area contributed by atoms with E-state index in [-0.39, 0.29) is 30.8 Å². The van der Waals surface area contributed by atoms with Gasteiger partial charge in [0.15, 0.2) is 6.61 Å². The van der Waals surface area contributed by atoms with Crippen LogP contribution in [0.1, 0.15) is 53.4 Å². The maximum atomic E-state index is 12.9. The molecule has 1 heterocycles. The maximum absolute atomic E-state index is 12.9. The number of carbonyl (C=O) groups excluding carboxylic acids is 2. The Hall–Kier alpha value is -3.28. The third-order valence-electron chi connectivity index (χ3n) is 5.28. The summed E-state index contributed by atoms with van der Waals surface area (Å²) in [6.07, 6.45) is 2.02. The van der Waals surface area contributed by atoms with Gasteiger partial charge in [-0.25, -0.2) is 4.98 Å². The number of benzene rings is 2. The molecule has 3 rings (SSSR count). The van der Waals surface area contributed by atoms with Crippen molar-refractivity contribution in [3.63, 3.8) is 0 Å². The highest BCUT2D eigenvalue weighted by atomic mass is 16.5. The largest absolute Gasteiger partial charge is 0.457 e. The zero-order valence-electron chi connectivity index (χ0n) is 18.3. The molecular formula is C25H28N2O4. The van der Waals surface area contributed by atoms with Crippen molar-refractivity contribution in [2.75, 3.05) is 6.61 Å². The molecule has 0 N–H and O–H groups in total. The second kappa shape index (κ2) is 10.2. The van der Waals surface area contributed by atoms with Gasteiger partial charge in [-0.3, -0.25) is 14.4 Å². The molecule has 3 aromatic rings. The van der Waals surface area contributed by atoms with Crippen LogP contribution >= 0.6 is 0 Å². The second-order valence-corrected chi connectivity index (χ2v) is 7.76. The third-order valence-corrected chi connectivity index (χ3v) is 5.28. The average Bonchev–Trinajstić information content (AvgIpc) is 2.77. The van der Waals surface area contributed by atoms with E-state index in [1.807, 2.05) is 50.2 Å². The third kappa shape index (κ3) is 5.45. The summed E-state index contributed by atoms with van der Waals surface area (Å²) in [5, 5.41) is 0. The zero-order chi connectivity index (χ0) is 22.4. The van der Waals surface area contributed by atoms with Gasteiger partial charge in [0.05, 0.1) is 17.5 Å². The van der Waals surface area contributed by atoms with Gasteiger partial charge in [0, 0.05) is 18.5 Å². The molecule has 162 valence electrons. The lowest BCUT2D eigenvalue weighted by Crippen LogP contribution is -2.26. The number of hydrogen-bond donors (Lipinski definition) is 0. The Morgan fingerprint density at radius 1 is 1.10 bits per heavy atom. The van der Waals surface area contributed by atoms with Crippen LogP contribution in [0.25, 0.3) is 11.0 Å². The molecule has 0 saturated carbocycles. The highest BCUT2D eigenvalue weighted by molar-refractivity contribution is 5.99. The summed E-state index contributed by atoms with van der Waals surface area (Å²) in [6.45, 7) is 6.13. The topological polar surface area (TPSA) is 78.3 Å². The molecule has 0 radical (unpaired) electrons. The first-order chi connectivity index (χ1) is 14.9. The lowest BCUT2D eigenvalue weighted by atomic mass is 10.0. The first-order valence-corrected chi connectivity index (χ1v) is 10.6. The van der Waals surface area contributed by atoms with Crippen LogP contribution in [0.4, 0.5) is 0 Å². The molecule has 0 aliphatic heterocycles. The Kier molecular flexibility index (Phi) is 7.34. The van der Waals surface area contributed by atoms with E-state index >= 15 is 0 Å². The van der Waals surface area contributed by atoms with Crippen molar-refractivity contribution in [2.45, 2.75) is 53.0 Å². The lowest BCUT2D eigenvalue weighted by molar-refractivity contribution is -0.142. The number of ether oxygens (including phenoxy) is 1. The molecule has 0 saturated heterocycles. The van der Waals surface area contributed by atoms with Gasteiger partial charge >= 0.3 is 5.97 Å². The molecule has 31 heavy (non-hydrogen) atoms. The van der Waals surface area contributed by atoms with Crippen molar-refractivity contribution >= 4 is 22.8 Å². The molecule has 0 unspecified atom stereocenters. The van der Waals surface area contributed by atoms with Crippen LogP contribution in [0.5, 0.6) is 0 Å². The number of nitrogens with zero attached hydrogens (tertiary/aromatic N) is 2. The number of ketones is 1. The zero-order valence-corrected chi connectivity index (χ0v) is 18.3. The maximum Gasteiger partial charge on any atom is 0.306 e. The van der Waals surface area contributed by atoms with Crippen LogP contribution in [-0.4, -0.2) is 27.9 Å². The molecule has 1 aromatic heterocycles. The van der Waals surface area contributed by atoms with Gasteiger partial charge in [-0.2, -0.15) is 0 Å². The van der Waals surface area contributed by atoms with Crippen LogP contribution in [0, 0.1) is 13.8 Å². The van der Waals surface area contributed by atoms with Crippen molar-refractivity contribution in [1.29, 1.82) is 0 Å². The lowest BCUT2D eigenvalue weighted by Gasteiger charge is -2.12. The van der Waals surface area contributed by atoms with Crippen LogP contribution in [0.2, 0.25) is 0 Å². The van der Waals surface area contributed by atoms with E-state index in [2.05, 4.69) is 11.9 Å². The number of carbonyl (C=O) groups is 2. The van der Waals surface area contributed by atoms with Gasteiger partial charge < -0.3 is 9.30 Å². The first kappa shape index (κ1) is 22.4. The highest BCUT2D eigenvalue weighted by Crippen LogP contribution is 2.13. The van der Waals surface area contributed by atoms with Crippen LogP contribution in [0.15, 0.2) is 47.3 Å². The van der Waals surface area contributed by atoms with Gasteiger partial charge in [-0.05, 0) is 44.0 Å². The molecule has 0 fully saturated rings. The van der Waals surface area contributed by atoms with E-state index in [1.54, 1.807) is 10.6 Å². The number of unbranched alkanes of at least 4 members (excludes halogenated alkanes) is 1. The van der Waals surface area contributed by atoms with Gasteiger partial charge in [-0.15, -0.1) is 0 Å². The Morgan fingerprint density at radius 2 is 1.87 bits per heavy atom. The SMILES string of the molecule is CCCCn1c(=O)c(CCC(=O)OCC(=O)c2cc(C)ccc2C)nc2ccccc21. The standard InChI is InChI=1S/C25H28N2O4/c1-4-5-14-27-22-9-7-6-8-20(22)26-21(25(27)30)12-13-24(29)31-16-23(28)19-15-17(2)10-11-18(19)3/h6-11,15H,4-5,12-14,16H2,1-3H3. The van der Waals surface area contributed by atoms with Crippen LogP contribution < -0.4 is 5.56 Å². The number of aromatic nitrogens is 2. The smallest absolute Gasteiger partial charge is 0.306 e. The molecular weight excluding hydrogens is 392 g/mol. The second-order valence-electron chi connectivity index (χ2n) is 7.76. The normalized spacial score (nSPS) is 10.9. The number of Topliss-reactive ketones (excluding diaryl/α,β-unsaturated/α-hetero) is 1. The summed E-state index contributed by atoms with van der Waals surface area (Å²) >= 11 is 0. The van der Waals surface area contributed by atoms with Crippen LogP contribution in [0.3, 0.4) is 0 Å². The van der Waals surface area contributed by atoms with E-state index in [0.717, 1.165) is 35.0 Å². The van der Waals surface area contributed by atoms with Crippen molar-refractivity contribution in [3.8, 4) is 0 Å². The summed E-state index contributed by atoms with van der Waals surface area (Å²) in [5.41, 5.74) is 4.07. The quantitative estimate of drug-likeness (QED) is 0.383.